The first-order chi connectivity index (χ1) is 12.1. The Hall–Kier alpha value is -1.88. The molecule has 2 aromatic rings. The van der Waals surface area contributed by atoms with E-state index in [0.29, 0.717) is 18.8 Å². The molecule has 0 bridgehead atoms. The van der Waals surface area contributed by atoms with Crippen molar-refractivity contribution in [3.8, 4) is 0 Å². The fourth-order valence-corrected chi connectivity index (χ4v) is 3.08. The highest BCUT2D eigenvalue weighted by Gasteiger charge is 2.11. The Bertz CT molecular complexity index is 709. The summed E-state index contributed by atoms with van der Waals surface area (Å²) in [6.07, 6.45) is 0.976. The van der Waals surface area contributed by atoms with E-state index in [1.165, 1.54) is 10.9 Å². The van der Waals surface area contributed by atoms with Crippen LogP contribution in [0, 0.1) is 10.1 Å². The molecule has 0 unspecified atom stereocenters. The van der Waals surface area contributed by atoms with E-state index in [2.05, 4.69) is 38.0 Å². The van der Waals surface area contributed by atoms with Gasteiger partial charge in [0.1, 0.15) is 5.69 Å². The van der Waals surface area contributed by atoms with Gasteiger partial charge in [-0.05, 0) is 23.9 Å². The van der Waals surface area contributed by atoms with Crippen LogP contribution < -0.4 is 10.6 Å². The maximum absolute atomic E-state index is 11.0. The number of nitrogens with zero attached hydrogens (tertiary/aromatic N) is 3. The Morgan fingerprint density at radius 1 is 1.27 bits per heavy atom. The molecule has 26 heavy (non-hydrogen) atoms. The molecule has 0 saturated carbocycles. The number of nitro groups is 1. The number of nitrogens with one attached hydrogen (secondary N) is 2. The van der Waals surface area contributed by atoms with Crippen molar-refractivity contribution >= 4 is 52.6 Å². The molecule has 0 saturated heterocycles. The van der Waals surface area contributed by atoms with Gasteiger partial charge in [-0.2, -0.15) is 0 Å². The van der Waals surface area contributed by atoms with E-state index in [-0.39, 0.29) is 34.6 Å². The second-order valence-electron chi connectivity index (χ2n) is 5.43. The van der Waals surface area contributed by atoms with Gasteiger partial charge in [0.25, 0.3) is 5.69 Å². The summed E-state index contributed by atoms with van der Waals surface area (Å²) in [5, 5.41) is 19.4. The summed E-state index contributed by atoms with van der Waals surface area (Å²) >= 11 is 1.75. The number of hydrogen-bond acceptors (Lipinski definition) is 5. The van der Waals surface area contributed by atoms with Crippen molar-refractivity contribution in [3.63, 3.8) is 0 Å². The molecule has 2 N–H and O–H groups in total. The lowest BCUT2D eigenvalue weighted by atomic mass is 10.2. The lowest BCUT2D eigenvalue weighted by molar-refractivity contribution is -0.384. The molecule has 0 atom stereocenters. The average molecular weight is 489 g/mol. The van der Waals surface area contributed by atoms with Crippen LogP contribution in [-0.2, 0) is 6.42 Å². The van der Waals surface area contributed by atoms with Gasteiger partial charge in [0, 0.05) is 44.7 Å². The van der Waals surface area contributed by atoms with E-state index in [0.717, 1.165) is 18.9 Å². The van der Waals surface area contributed by atoms with Crippen LogP contribution >= 0.6 is 35.3 Å². The van der Waals surface area contributed by atoms with E-state index in [1.807, 2.05) is 7.05 Å². The Labute approximate surface area is 174 Å². The number of nitro benzene ring substituents is 1. The minimum atomic E-state index is -0.382. The summed E-state index contributed by atoms with van der Waals surface area (Å²) in [4.78, 5) is 18.3. The third kappa shape index (κ3) is 6.79. The maximum atomic E-state index is 11.0. The highest BCUT2D eigenvalue weighted by atomic mass is 127. The van der Waals surface area contributed by atoms with E-state index in [9.17, 15) is 10.1 Å². The molecule has 0 spiro atoms. The smallest absolute Gasteiger partial charge is 0.292 e. The average Bonchev–Trinajstić information content (AvgIpc) is 3.13. The Balaban J connectivity index is 0.00000338. The molecule has 1 aromatic heterocycles. The molecular weight excluding hydrogens is 465 g/mol. The number of para-hydroxylation sites is 2. The van der Waals surface area contributed by atoms with Gasteiger partial charge in [-0.15, -0.1) is 35.3 Å². The number of aliphatic imine (C=N–C) groups is 1. The van der Waals surface area contributed by atoms with Gasteiger partial charge >= 0.3 is 0 Å². The Kier molecular flexibility index (Phi) is 9.96. The van der Waals surface area contributed by atoms with Gasteiger partial charge in [-0.3, -0.25) is 15.1 Å². The number of hydrogen-bond donors (Lipinski definition) is 2. The van der Waals surface area contributed by atoms with Gasteiger partial charge < -0.3 is 15.5 Å². The van der Waals surface area contributed by atoms with Crippen molar-refractivity contribution in [2.45, 2.75) is 6.42 Å². The predicted octanol–water partition coefficient (Wildman–Crippen LogP) is 3.44. The lowest BCUT2D eigenvalue weighted by Gasteiger charge is -2.22. The van der Waals surface area contributed by atoms with Crippen LogP contribution in [0.2, 0.25) is 0 Å². The third-order valence-corrected chi connectivity index (χ3v) is 4.61. The first kappa shape index (κ1) is 22.2. The van der Waals surface area contributed by atoms with E-state index in [4.69, 9.17) is 0 Å². The molecule has 0 amide bonds. The van der Waals surface area contributed by atoms with Crippen LogP contribution in [0.25, 0.3) is 0 Å². The standard InChI is InChI=1S/C17H23N5O2S.HI/c1-18-17(21(2)12-9-14-6-5-13-25-14)20-11-10-19-15-7-3-4-8-16(15)22(23)24;/h3-8,13,19H,9-12H2,1-2H3,(H,18,20);1H. The second-order valence-corrected chi connectivity index (χ2v) is 6.46. The van der Waals surface area contributed by atoms with Gasteiger partial charge in [-0.25, -0.2) is 0 Å². The minimum Gasteiger partial charge on any atom is -0.378 e. The number of benzene rings is 1. The van der Waals surface area contributed by atoms with E-state index >= 15 is 0 Å². The zero-order chi connectivity index (χ0) is 18.1. The normalized spacial score (nSPS) is 10.8. The summed E-state index contributed by atoms with van der Waals surface area (Å²) in [6.45, 7) is 2.04. The summed E-state index contributed by atoms with van der Waals surface area (Å²) in [7, 11) is 3.75. The number of anilines is 1. The van der Waals surface area contributed by atoms with Crippen LogP contribution in [-0.4, -0.2) is 49.5 Å². The van der Waals surface area contributed by atoms with Crippen molar-refractivity contribution < 1.29 is 4.92 Å². The summed E-state index contributed by atoms with van der Waals surface area (Å²) in [5.41, 5.74) is 0.607. The molecule has 0 aliphatic rings. The van der Waals surface area contributed by atoms with Gasteiger partial charge in [0.15, 0.2) is 5.96 Å². The zero-order valence-electron chi connectivity index (χ0n) is 14.8. The van der Waals surface area contributed by atoms with Crippen LogP contribution in [0.3, 0.4) is 0 Å². The monoisotopic (exact) mass is 489 g/mol. The summed E-state index contributed by atoms with van der Waals surface area (Å²) in [5.74, 6) is 0.806. The van der Waals surface area contributed by atoms with E-state index < -0.39 is 0 Å². The molecule has 7 nitrogen and oxygen atoms in total. The Morgan fingerprint density at radius 2 is 2.04 bits per heavy atom. The lowest BCUT2D eigenvalue weighted by Crippen LogP contribution is -2.41. The SMILES string of the molecule is CN=C(NCCNc1ccccc1[N+](=O)[O-])N(C)CCc1cccs1.I. The van der Waals surface area contributed by atoms with Crippen LogP contribution in [0.15, 0.2) is 46.8 Å². The molecule has 2 rings (SSSR count). The van der Waals surface area contributed by atoms with Crippen LogP contribution in [0.5, 0.6) is 0 Å². The minimum absolute atomic E-state index is 0. The van der Waals surface area contributed by atoms with E-state index in [1.54, 1.807) is 36.6 Å². The molecule has 1 heterocycles. The molecule has 0 aliphatic heterocycles. The van der Waals surface area contributed by atoms with Crippen molar-refractivity contribution in [2.24, 2.45) is 4.99 Å². The molecule has 0 radical (unpaired) electrons. The fraction of sp³-hybridized carbons (Fsp3) is 0.353. The van der Waals surface area contributed by atoms with Gasteiger partial charge in [0.2, 0.25) is 0 Å². The molecule has 9 heteroatoms. The number of rotatable bonds is 8. The second kappa shape index (κ2) is 11.7. The quantitative estimate of drug-likeness (QED) is 0.148. The highest BCUT2D eigenvalue weighted by Crippen LogP contribution is 2.22. The number of likely N-dealkylation sites (N-methyl/N-ethyl adjacent to an activating group) is 1. The summed E-state index contributed by atoms with van der Waals surface area (Å²) in [6, 6.07) is 10.8. The topological polar surface area (TPSA) is 82.8 Å². The molecule has 0 aliphatic carbocycles. The van der Waals surface area contributed by atoms with Gasteiger partial charge in [0.05, 0.1) is 4.92 Å². The number of thiophene rings is 1. The first-order valence-corrected chi connectivity index (χ1v) is 8.91. The molecule has 142 valence electrons. The highest BCUT2D eigenvalue weighted by molar-refractivity contribution is 14.0. The largest absolute Gasteiger partial charge is 0.378 e. The molecular formula is C17H24IN5O2S. The molecule has 1 aromatic carbocycles. The van der Waals surface area contributed by atoms with Crippen molar-refractivity contribution in [2.75, 3.05) is 39.0 Å². The number of halogens is 1. The first-order valence-electron chi connectivity index (χ1n) is 8.03. The van der Waals surface area contributed by atoms with Crippen molar-refractivity contribution in [3.05, 3.63) is 56.8 Å². The fourth-order valence-electron chi connectivity index (χ4n) is 2.38. The third-order valence-electron chi connectivity index (χ3n) is 3.67. The zero-order valence-corrected chi connectivity index (χ0v) is 18.0. The summed E-state index contributed by atoms with van der Waals surface area (Å²) < 4.78 is 0. The number of guanidine groups is 1. The van der Waals surface area contributed by atoms with Crippen molar-refractivity contribution in [1.82, 2.24) is 10.2 Å². The maximum Gasteiger partial charge on any atom is 0.292 e. The van der Waals surface area contributed by atoms with Crippen molar-refractivity contribution in [1.29, 1.82) is 0 Å². The van der Waals surface area contributed by atoms with Crippen LogP contribution in [0.1, 0.15) is 4.88 Å². The van der Waals surface area contributed by atoms with Crippen LogP contribution in [0.4, 0.5) is 11.4 Å². The van der Waals surface area contributed by atoms with Gasteiger partial charge in [-0.1, -0.05) is 18.2 Å². The Morgan fingerprint density at radius 3 is 2.69 bits per heavy atom. The molecule has 0 fully saturated rings. The predicted molar refractivity (Wildman–Crippen MR) is 119 cm³/mol.